The Morgan fingerprint density at radius 2 is 1.96 bits per heavy atom. The van der Waals surface area contributed by atoms with Crippen molar-refractivity contribution < 1.29 is 22.7 Å². The Kier molecular flexibility index (Phi) is 5.45. The lowest BCUT2D eigenvalue weighted by molar-refractivity contribution is -0.263. The fourth-order valence-corrected chi connectivity index (χ4v) is 3.06. The topological polar surface area (TPSA) is 41.6 Å². The first-order valence-electron chi connectivity index (χ1n) is 6.75. The third-order valence-electron chi connectivity index (χ3n) is 3.73. The molecule has 1 saturated heterocycles. The molecule has 1 fully saturated rings. The molecule has 2 rings (SSSR count). The molecule has 23 heavy (non-hydrogen) atoms. The standard InChI is InChI=1S/C14H15Cl2F3N2O2/c1-23-13(14(17,18)19)2-3-21(8-13)7-12(22)20-11-5-9(15)4-10(16)6-11/h4-6H,2-3,7-8H2,1H3,(H,20,22). The highest BCUT2D eigenvalue weighted by Crippen LogP contribution is 2.40. The van der Waals surface area contributed by atoms with Crippen molar-refractivity contribution in [2.24, 2.45) is 0 Å². The number of benzene rings is 1. The lowest BCUT2D eigenvalue weighted by Gasteiger charge is -2.30. The van der Waals surface area contributed by atoms with Gasteiger partial charge in [0, 0.05) is 35.9 Å². The van der Waals surface area contributed by atoms with E-state index in [-0.39, 0.29) is 26.1 Å². The van der Waals surface area contributed by atoms with E-state index < -0.39 is 17.7 Å². The largest absolute Gasteiger partial charge is 0.418 e. The molecule has 1 aliphatic heterocycles. The van der Waals surface area contributed by atoms with Gasteiger partial charge in [-0.3, -0.25) is 9.69 Å². The van der Waals surface area contributed by atoms with Gasteiger partial charge in [-0.05, 0) is 24.6 Å². The molecule has 0 saturated carbocycles. The van der Waals surface area contributed by atoms with Gasteiger partial charge in [0.25, 0.3) is 0 Å². The number of nitrogens with one attached hydrogen (secondary N) is 1. The molecule has 4 nitrogen and oxygen atoms in total. The predicted molar refractivity (Wildman–Crippen MR) is 81.9 cm³/mol. The summed E-state index contributed by atoms with van der Waals surface area (Å²) in [6.45, 7) is -0.431. The van der Waals surface area contributed by atoms with E-state index in [0.29, 0.717) is 15.7 Å². The molecule has 0 radical (unpaired) electrons. The molecule has 0 aromatic heterocycles. The van der Waals surface area contributed by atoms with E-state index in [1.54, 1.807) is 0 Å². The third kappa shape index (κ3) is 4.29. The van der Waals surface area contributed by atoms with Gasteiger partial charge in [0.05, 0.1) is 6.54 Å². The smallest absolute Gasteiger partial charge is 0.367 e. The van der Waals surface area contributed by atoms with Crippen molar-refractivity contribution in [1.82, 2.24) is 4.90 Å². The SMILES string of the molecule is COC1(C(F)(F)F)CCN(CC(=O)Nc2cc(Cl)cc(Cl)c2)C1. The number of methoxy groups -OCH3 is 1. The summed E-state index contributed by atoms with van der Waals surface area (Å²) in [6.07, 6.45) is -4.68. The summed E-state index contributed by atoms with van der Waals surface area (Å²) in [4.78, 5) is 13.4. The molecule has 1 aliphatic rings. The van der Waals surface area contributed by atoms with Crippen molar-refractivity contribution in [1.29, 1.82) is 0 Å². The van der Waals surface area contributed by atoms with E-state index in [4.69, 9.17) is 27.9 Å². The molecule has 9 heteroatoms. The van der Waals surface area contributed by atoms with Crippen LogP contribution in [0.2, 0.25) is 10.0 Å². The van der Waals surface area contributed by atoms with Crippen LogP contribution in [0.1, 0.15) is 6.42 Å². The normalized spacial score (nSPS) is 22.3. The maximum absolute atomic E-state index is 13.1. The van der Waals surface area contributed by atoms with Crippen molar-refractivity contribution in [2.75, 3.05) is 32.1 Å². The Balaban J connectivity index is 1.97. The van der Waals surface area contributed by atoms with E-state index in [1.807, 2.05) is 0 Å². The Bertz CT molecular complexity index is 578. The zero-order chi connectivity index (χ0) is 17.3. The van der Waals surface area contributed by atoms with Gasteiger partial charge in [0.2, 0.25) is 5.91 Å². The van der Waals surface area contributed by atoms with Crippen LogP contribution in [0.5, 0.6) is 0 Å². The van der Waals surface area contributed by atoms with Crippen molar-refractivity contribution in [2.45, 2.75) is 18.2 Å². The highest BCUT2D eigenvalue weighted by atomic mass is 35.5. The van der Waals surface area contributed by atoms with Crippen molar-refractivity contribution in [3.8, 4) is 0 Å². The summed E-state index contributed by atoms with van der Waals surface area (Å²) in [7, 11) is 1.03. The number of anilines is 1. The molecule has 1 heterocycles. The fraction of sp³-hybridized carbons (Fsp3) is 0.500. The summed E-state index contributed by atoms with van der Waals surface area (Å²) in [6, 6.07) is 4.52. The number of hydrogen-bond donors (Lipinski definition) is 1. The quantitative estimate of drug-likeness (QED) is 0.880. The highest BCUT2D eigenvalue weighted by molar-refractivity contribution is 6.35. The molecule has 0 aliphatic carbocycles. The minimum absolute atomic E-state index is 0.122. The summed E-state index contributed by atoms with van der Waals surface area (Å²) in [5, 5.41) is 3.27. The van der Waals surface area contributed by atoms with Crippen LogP contribution in [0, 0.1) is 0 Å². The van der Waals surface area contributed by atoms with Crippen LogP contribution in [0.3, 0.4) is 0 Å². The molecule has 0 spiro atoms. The second kappa shape index (κ2) is 6.84. The Hall–Kier alpha value is -1.02. The number of nitrogens with zero attached hydrogens (tertiary/aromatic N) is 1. The van der Waals surface area contributed by atoms with Crippen molar-refractivity contribution in [3.05, 3.63) is 28.2 Å². The van der Waals surface area contributed by atoms with E-state index in [9.17, 15) is 18.0 Å². The molecule has 1 aromatic rings. The zero-order valence-electron chi connectivity index (χ0n) is 12.2. The second-order valence-corrected chi connectivity index (χ2v) is 6.24. The average molecular weight is 371 g/mol. The Morgan fingerprint density at radius 1 is 1.35 bits per heavy atom. The molecule has 0 bridgehead atoms. The Labute approximate surface area is 141 Å². The maximum atomic E-state index is 13.1. The maximum Gasteiger partial charge on any atom is 0.418 e. The van der Waals surface area contributed by atoms with Gasteiger partial charge in [-0.15, -0.1) is 0 Å². The fourth-order valence-electron chi connectivity index (χ4n) is 2.54. The average Bonchev–Trinajstić information content (AvgIpc) is 2.81. The lowest BCUT2D eigenvalue weighted by Crippen LogP contribution is -2.49. The summed E-state index contributed by atoms with van der Waals surface area (Å²) >= 11 is 11.6. The lowest BCUT2D eigenvalue weighted by atomic mass is 10.0. The number of alkyl halides is 3. The van der Waals surface area contributed by atoms with E-state index in [1.165, 1.54) is 23.1 Å². The van der Waals surface area contributed by atoms with Gasteiger partial charge in [0.1, 0.15) is 0 Å². The van der Waals surface area contributed by atoms with Crippen LogP contribution in [0.25, 0.3) is 0 Å². The molecule has 1 aromatic carbocycles. The molecule has 1 atom stereocenters. The van der Waals surface area contributed by atoms with Gasteiger partial charge in [-0.2, -0.15) is 13.2 Å². The first-order valence-corrected chi connectivity index (χ1v) is 7.51. The van der Waals surface area contributed by atoms with Gasteiger partial charge in [-0.25, -0.2) is 0 Å². The number of carbonyl (C=O) groups is 1. The molecular formula is C14H15Cl2F3N2O2. The molecule has 1 amide bonds. The predicted octanol–water partition coefficient (Wildman–Crippen LogP) is 3.59. The Morgan fingerprint density at radius 3 is 2.43 bits per heavy atom. The molecule has 1 N–H and O–H groups in total. The number of ether oxygens (including phenoxy) is 1. The zero-order valence-corrected chi connectivity index (χ0v) is 13.7. The number of amides is 1. The van der Waals surface area contributed by atoms with Crippen LogP contribution in [0.4, 0.5) is 18.9 Å². The number of halogens is 5. The summed E-state index contributed by atoms with van der Waals surface area (Å²) in [5.41, 5.74) is -1.83. The first kappa shape index (κ1) is 18.3. The van der Waals surface area contributed by atoms with E-state index >= 15 is 0 Å². The van der Waals surface area contributed by atoms with Gasteiger partial charge >= 0.3 is 6.18 Å². The molecular weight excluding hydrogens is 356 g/mol. The van der Waals surface area contributed by atoms with Crippen LogP contribution >= 0.6 is 23.2 Å². The minimum atomic E-state index is -4.48. The summed E-state index contributed by atoms with van der Waals surface area (Å²) < 4.78 is 43.9. The van der Waals surface area contributed by atoms with Crippen molar-refractivity contribution >= 4 is 34.8 Å². The van der Waals surface area contributed by atoms with Crippen molar-refractivity contribution in [3.63, 3.8) is 0 Å². The van der Waals surface area contributed by atoms with Gasteiger partial charge < -0.3 is 10.1 Å². The highest BCUT2D eigenvalue weighted by Gasteiger charge is 2.58. The van der Waals surface area contributed by atoms with Crippen LogP contribution < -0.4 is 5.32 Å². The second-order valence-electron chi connectivity index (χ2n) is 5.36. The molecule has 128 valence electrons. The van der Waals surface area contributed by atoms with E-state index in [2.05, 4.69) is 5.32 Å². The number of likely N-dealkylation sites (tertiary alicyclic amines) is 1. The number of carbonyl (C=O) groups excluding carboxylic acids is 1. The number of rotatable bonds is 4. The van der Waals surface area contributed by atoms with Crippen LogP contribution in [-0.4, -0.2) is 49.3 Å². The third-order valence-corrected chi connectivity index (χ3v) is 4.17. The molecule has 1 unspecified atom stereocenters. The van der Waals surface area contributed by atoms with Gasteiger partial charge in [-0.1, -0.05) is 23.2 Å². The monoisotopic (exact) mass is 370 g/mol. The minimum Gasteiger partial charge on any atom is -0.367 e. The van der Waals surface area contributed by atoms with E-state index in [0.717, 1.165) is 7.11 Å². The van der Waals surface area contributed by atoms with Gasteiger partial charge in [0.15, 0.2) is 5.60 Å². The summed E-state index contributed by atoms with van der Waals surface area (Å²) in [5.74, 6) is -0.447. The first-order chi connectivity index (χ1) is 10.6. The van der Waals surface area contributed by atoms with Crippen LogP contribution in [-0.2, 0) is 9.53 Å². The number of hydrogen-bond acceptors (Lipinski definition) is 3. The van der Waals surface area contributed by atoms with Crippen LogP contribution in [0.15, 0.2) is 18.2 Å².